The predicted octanol–water partition coefficient (Wildman–Crippen LogP) is 6.00. The Balaban J connectivity index is 1.73. The third kappa shape index (κ3) is 6.49. The van der Waals surface area contributed by atoms with Crippen LogP contribution in [0.1, 0.15) is 70.2 Å². The van der Waals surface area contributed by atoms with Gasteiger partial charge < -0.3 is 9.64 Å². The van der Waals surface area contributed by atoms with E-state index in [4.69, 9.17) is 4.74 Å². The number of amides is 2. The summed E-state index contributed by atoms with van der Waals surface area (Å²) in [4.78, 5) is 27.2. The second kappa shape index (κ2) is 10.5. The minimum absolute atomic E-state index is 0.117. The molecule has 2 aromatic carbocycles. The Morgan fingerprint density at radius 2 is 1.78 bits per heavy atom. The summed E-state index contributed by atoms with van der Waals surface area (Å²) < 4.78 is 5.25. The number of carbonyl (C=O) groups excluding carboxylic acids is 2. The van der Waals surface area contributed by atoms with Gasteiger partial charge in [-0.2, -0.15) is 0 Å². The molecule has 0 saturated carbocycles. The molecule has 32 heavy (non-hydrogen) atoms. The number of hydrogen-bond acceptors (Lipinski definition) is 4. The zero-order valence-electron chi connectivity index (χ0n) is 19.6. The van der Waals surface area contributed by atoms with Crippen LogP contribution in [-0.2, 0) is 4.74 Å². The fraction of sp³-hybridized carbons (Fsp3) is 0.462. The molecule has 1 saturated heterocycles. The summed E-state index contributed by atoms with van der Waals surface area (Å²) in [7, 11) is 0. The van der Waals surface area contributed by atoms with Gasteiger partial charge in [-0.25, -0.2) is 10.2 Å². The second-order valence-corrected chi connectivity index (χ2v) is 9.35. The van der Waals surface area contributed by atoms with E-state index in [2.05, 4.69) is 22.7 Å². The number of nitrogens with one attached hydrogen (secondary N) is 2. The third-order valence-corrected chi connectivity index (χ3v) is 5.52. The van der Waals surface area contributed by atoms with E-state index < -0.39 is 11.7 Å². The number of likely N-dealkylation sites (tertiary alicyclic amines) is 1. The quantitative estimate of drug-likeness (QED) is 0.544. The summed E-state index contributed by atoms with van der Waals surface area (Å²) in [5.74, 6) is 0.117. The van der Waals surface area contributed by atoms with Crippen LogP contribution in [0, 0.1) is 0 Å². The first-order chi connectivity index (χ1) is 15.3. The lowest BCUT2D eigenvalue weighted by Crippen LogP contribution is -2.43. The van der Waals surface area contributed by atoms with Gasteiger partial charge in [0, 0.05) is 18.2 Å². The molecule has 6 heteroatoms. The molecule has 0 aromatic heterocycles. The molecule has 6 nitrogen and oxygen atoms in total. The van der Waals surface area contributed by atoms with Crippen molar-refractivity contribution < 1.29 is 14.3 Å². The number of benzene rings is 2. The first kappa shape index (κ1) is 23.6. The lowest BCUT2D eigenvalue weighted by molar-refractivity contribution is 0.0539. The number of piperidine rings is 1. The highest BCUT2D eigenvalue weighted by Crippen LogP contribution is 2.27. The van der Waals surface area contributed by atoms with E-state index in [1.165, 1.54) is 6.42 Å². The van der Waals surface area contributed by atoms with Crippen molar-refractivity contribution in [2.24, 2.45) is 0 Å². The van der Waals surface area contributed by atoms with Crippen molar-refractivity contribution in [1.29, 1.82) is 0 Å². The largest absolute Gasteiger partial charge is 0.443 e. The SMILES string of the molecule is CCCC1CCCCN1C(=O)c1cccc(-c2cccc(NNC(=O)OC(C)(C)C)c2)c1. The highest BCUT2D eigenvalue weighted by Gasteiger charge is 2.26. The summed E-state index contributed by atoms with van der Waals surface area (Å²) in [6, 6.07) is 15.8. The van der Waals surface area contributed by atoms with Gasteiger partial charge >= 0.3 is 6.09 Å². The van der Waals surface area contributed by atoms with Gasteiger partial charge in [0.05, 0.1) is 5.69 Å². The molecular formula is C26H35N3O3. The van der Waals surface area contributed by atoms with Crippen molar-refractivity contribution in [2.45, 2.75) is 71.4 Å². The molecule has 2 N–H and O–H groups in total. The maximum Gasteiger partial charge on any atom is 0.426 e. The van der Waals surface area contributed by atoms with E-state index in [0.29, 0.717) is 6.04 Å². The number of hydrazine groups is 1. The molecular weight excluding hydrogens is 402 g/mol. The summed E-state index contributed by atoms with van der Waals surface area (Å²) in [6.07, 6.45) is 4.97. The summed E-state index contributed by atoms with van der Waals surface area (Å²) >= 11 is 0. The number of nitrogens with zero attached hydrogens (tertiary/aromatic N) is 1. The number of anilines is 1. The highest BCUT2D eigenvalue weighted by molar-refractivity contribution is 5.95. The first-order valence-corrected chi connectivity index (χ1v) is 11.5. The Bertz CT molecular complexity index is 934. The molecule has 0 bridgehead atoms. The van der Waals surface area contributed by atoms with Crippen LogP contribution in [0.3, 0.4) is 0 Å². The van der Waals surface area contributed by atoms with Gasteiger partial charge in [0.15, 0.2) is 0 Å². The molecule has 2 aromatic rings. The fourth-order valence-electron chi connectivity index (χ4n) is 4.10. The molecule has 2 amide bonds. The molecule has 1 fully saturated rings. The van der Waals surface area contributed by atoms with Gasteiger partial charge in [0.1, 0.15) is 5.60 Å². The monoisotopic (exact) mass is 437 g/mol. The minimum Gasteiger partial charge on any atom is -0.443 e. The van der Waals surface area contributed by atoms with Crippen LogP contribution in [0.2, 0.25) is 0 Å². The number of hydrogen-bond donors (Lipinski definition) is 2. The van der Waals surface area contributed by atoms with Crippen LogP contribution in [0.5, 0.6) is 0 Å². The molecule has 1 unspecified atom stereocenters. The smallest absolute Gasteiger partial charge is 0.426 e. The number of rotatable bonds is 6. The van der Waals surface area contributed by atoms with Crippen molar-refractivity contribution in [3.63, 3.8) is 0 Å². The minimum atomic E-state index is -0.564. The van der Waals surface area contributed by atoms with Crippen molar-refractivity contribution in [2.75, 3.05) is 12.0 Å². The van der Waals surface area contributed by atoms with Gasteiger partial charge in [-0.05, 0) is 81.8 Å². The summed E-state index contributed by atoms with van der Waals surface area (Å²) in [5, 5.41) is 0. The van der Waals surface area contributed by atoms with Crippen molar-refractivity contribution in [1.82, 2.24) is 10.3 Å². The van der Waals surface area contributed by atoms with E-state index in [-0.39, 0.29) is 5.91 Å². The zero-order valence-corrected chi connectivity index (χ0v) is 19.6. The van der Waals surface area contributed by atoms with Crippen molar-refractivity contribution in [3.8, 4) is 11.1 Å². The molecule has 172 valence electrons. The lowest BCUT2D eigenvalue weighted by Gasteiger charge is -2.36. The van der Waals surface area contributed by atoms with Crippen LogP contribution < -0.4 is 10.9 Å². The Kier molecular flexibility index (Phi) is 7.78. The lowest BCUT2D eigenvalue weighted by atomic mass is 9.96. The summed E-state index contributed by atoms with van der Waals surface area (Å²) in [6.45, 7) is 8.46. The molecule has 0 radical (unpaired) electrons. The van der Waals surface area contributed by atoms with Gasteiger partial charge in [0.2, 0.25) is 0 Å². The number of carbonyl (C=O) groups is 2. The topological polar surface area (TPSA) is 70.7 Å². The second-order valence-electron chi connectivity index (χ2n) is 9.35. The third-order valence-electron chi connectivity index (χ3n) is 5.52. The predicted molar refractivity (Wildman–Crippen MR) is 128 cm³/mol. The van der Waals surface area contributed by atoms with Crippen molar-refractivity contribution in [3.05, 3.63) is 54.1 Å². The number of ether oxygens (including phenoxy) is 1. The van der Waals surface area contributed by atoms with E-state index in [9.17, 15) is 9.59 Å². The van der Waals surface area contributed by atoms with Crippen LogP contribution >= 0.6 is 0 Å². The molecule has 1 aliphatic rings. The van der Waals surface area contributed by atoms with Crippen LogP contribution in [-0.4, -0.2) is 35.1 Å². The van der Waals surface area contributed by atoms with Gasteiger partial charge in [0.25, 0.3) is 5.91 Å². The zero-order chi connectivity index (χ0) is 23.1. The molecule has 1 aliphatic heterocycles. The van der Waals surface area contributed by atoms with Crippen LogP contribution in [0.4, 0.5) is 10.5 Å². The average Bonchev–Trinajstić information content (AvgIpc) is 2.77. The summed E-state index contributed by atoms with van der Waals surface area (Å²) in [5.41, 5.74) is 8.23. The van der Waals surface area contributed by atoms with Gasteiger partial charge in [-0.15, -0.1) is 0 Å². The first-order valence-electron chi connectivity index (χ1n) is 11.5. The van der Waals surface area contributed by atoms with E-state index in [1.54, 1.807) is 0 Å². The van der Waals surface area contributed by atoms with E-state index in [0.717, 1.165) is 54.6 Å². The maximum absolute atomic E-state index is 13.3. The van der Waals surface area contributed by atoms with Crippen LogP contribution in [0.25, 0.3) is 11.1 Å². The fourth-order valence-corrected chi connectivity index (χ4v) is 4.10. The molecule has 1 atom stereocenters. The Morgan fingerprint density at radius 3 is 2.50 bits per heavy atom. The Morgan fingerprint density at radius 1 is 1.06 bits per heavy atom. The Hall–Kier alpha value is -3.02. The Labute approximate surface area is 191 Å². The van der Waals surface area contributed by atoms with E-state index in [1.807, 2.05) is 69.3 Å². The normalized spacial score (nSPS) is 16.4. The van der Waals surface area contributed by atoms with Crippen molar-refractivity contribution >= 4 is 17.7 Å². The van der Waals surface area contributed by atoms with Gasteiger partial charge in [-0.1, -0.05) is 37.6 Å². The molecule has 0 spiro atoms. The maximum atomic E-state index is 13.3. The van der Waals surface area contributed by atoms with E-state index >= 15 is 0 Å². The van der Waals surface area contributed by atoms with Crippen LogP contribution in [0.15, 0.2) is 48.5 Å². The van der Waals surface area contributed by atoms with Gasteiger partial charge in [-0.3, -0.25) is 10.2 Å². The molecule has 1 heterocycles. The average molecular weight is 438 g/mol. The highest BCUT2D eigenvalue weighted by atomic mass is 16.6. The molecule has 0 aliphatic carbocycles. The molecule has 3 rings (SSSR count). The standard InChI is InChI=1S/C26H35N3O3/c1-5-10-23-15-6-7-16-29(23)24(30)21-13-8-11-19(17-21)20-12-9-14-22(18-20)27-28-25(31)32-26(2,3)4/h8-9,11-14,17-18,23,27H,5-7,10,15-16H2,1-4H3,(H,28,31).